The first-order chi connectivity index (χ1) is 6.41. The minimum atomic E-state index is -1.31. The molecule has 2 aliphatic rings. The zero-order valence-electron chi connectivity index (χ0n) is 7.01. The Morgan fingerprint density at radius 2 is 1.92 bits per heavy atom. The summed E-state index contributed by atoms with van der Waals surface area (Å²) in [5, 5.41) is 0. The Kier molecular flexibility index (Phi) is 1.63. The molecule has 0 radical (unpaired) electrons. The van der Waals surface area contributed by atoms with Crippen molar-refractivity contribution in [1.82, 2.24) is 0 Å². The minimum absolute atomic E-state index is 0.0358. The van der Waals surface area contributed by atoms with E-state index < -0.39 is 10.6 Å². The molecular formula is C9H10O3S. The van der Waals surface area contributed by atoms with Crippen molar-refractivity contribution in [3.05, 3.63) is 35.9 Å². The van der Waals surface area contributed by atoms with Crippen LogP contribution in [0.3, 0.4) is 0 Å². The van der Waals surface area contributed by atoms with Crippen LogP contribution >= 0.6 is 10.6 Å². The summed E-state index contributed by atoms with van der Waals surface area (Å²) in [7, 11) is -1.31. The maximum absolute atomic E-state index is 5.60. The summed E-state index contributed by atoms with van der Waals surface area (Å²) >= 11 is 0. The van der Waals surface area contributed by atoms with E-state index in [4.69, 9.17) is 13.4 Å². The summed E-state index contributed by atoms with van der Waals surface area (Å²) in [6.45, 7) is 0.745. The van der Waals surface area contributed by atoms with E-state index in [-0.39, 0.29) is 5.44 Å². The Hall–Kier alpha value is -0.550. The van der Waals surface area contributed by atoms with E-state index in [9.17, 15) is 0 Å². The van der Waals surface area contributed by atoms with Crippen LogP contribution in [0, 0.1) is 0 Å². The second-order valence-electron chi connectivity index (χ2n) is 3.12. The number of ether oxygens (including phenoxy) is 1. The molecule has 1 unspecified atom stereocenters. The smallest absolute Gasteiger partial charge is 0.178 e. The van der Waals surface area contributed by atoms with Gasteiger partial charge in [0.15, 0.2) is 5.44 Å². The highest BCUT2D eigenvalue weighted by Crippen LogP contribution is 2.77. The van der Waals surface area contributed by atoms with Crippen LogP contribution in [0.5, 0.6) is 0 Å². The van der Waals surface area contributed by atoms with Crippen molar-refractivity contribution in [2.75, 3.05) is 12.4 Å². The SMILES string of the molecule is c1ccc(C2OCCS23OO3)cc1. The Bertz CT molecular complexity index is 310. The second-order valence-corrected chi connectivity index (χ2v) is 5.55. The average molecular weight is 198 g/mol. The van der Waals surface area contributed by atoms with Crippen LogP contribution in [-0.2, 0) is 13.4 Å². The van der Waals surface area contributed by atoms with Gasteiger partial charge in [0.05, 0.1) is 12.4 Å². The lowest BCUT2D eigenvalue weighted by Gasteiger charge is -2.16. The predicted octanol–water partition coefficient (Wildman–Crippen LogP) is 2.31. The molecule has 2 saturated heterocycles. The third-order valence-corrected chi connectivity index (χ3v) is 4.56. The van der Waals surface area contributed by atoms with Gasteiger partial charge in [-0.2, -0.15) is 0 Å². The van der Waals surface area contributed by atoms with Crippen LogP contribution in [0.15, 0.2) is 30.3 Å². The molecule has 70 valence electrons. The minimum Gasteiger partial charge on any atom is -0.353 e. The molecule has 0 bridgehead atoms. The molecule has 13 heavy (non-hydrogen) atoms. The van der Waals surface area contributed by atoms with Crippen molar-refractivity contribution in [2.45, 2.75) is 5.44 Å². The number of hydrogen-bond donors (Lipinski definition) is 0. The van der Waals surface area contributed by atoms with E-state index in [0.717, 1.165) is 17.9 Å². The van der Waals surface area contributed by atoms with Crippen LogP contribution in [0.4, 0.5) is 0 Å². The summed E-state index contributed by atoms with van der Waals surface area (Å²) in [5.41, 5.74) is 1.20. The summed E-state index contributed by atoms with van der Waals surface area (Å²) in [4.78, 5) is 0. The maximum Gasteiger partial charge on any atom is 0.178 e. The third-order valence-electron chi connectivity index (χ3n) is 2.28. The number of rotatable bonds is 1. The zero-order valence-corrected chi connectivity index (χ0v) is 7.83. The molecule has 0 aromatic heterocycles. The van der Waals surface area contributed by atoms with E-state index in [1.54, 1.807) is 0 Å². The van der Waals surface area contributed by atoms with Crippen molar-refractivity contribution < 1.29 is 13.4 Å². The highest BCUT2D eigenvalue weighted by Gasteiger charge is 2.51. The lowest BCUT2D eigenvalue weighted by Crippen LogP contribution is -1.96. The molecule has 2 aliphatic heterocycles. The maximum atomic E-state index is 5.60. The standard InChI is InChI=1S/C9H10O3S/c1-2-4-8(5-3-1)9-10-6-7-13(9)11-12-13/h1-5,9H,6-7H2. The number of hydrogen-bond acceptors (Lipinski definition) is 3. The first-order valence-corrected chi connectivity index (χ1v) is 5.96. The average Bonchev–Trinajstić information content (AvgIpc) is 2.80. The van der Waals surface area contributed by atoms with Crippen molar-refractivity contribution in [3.8, 4) is 0 Å². The topological polar surface area (TPSA) is 34.3 Å². The fourth-order valence-corrected chi connectivity index (χ4v) is 3.55. The van der Waals surface area contributed by atoms with Crippen LogP contribution in [0.25, 0.3) is 0 Å². The van der Waals surface area contributed by atoms with Gasteiger partial charge < -0.3 is 4.74 Å². The van der Waals surface area contributed by atoms with Gasteiger partial charge in [-0.05, 0) is 0 Å². The quantitative estimate of drug-likeness (QED) is 0.513. The van der Waals surface area contributed by atoms with Gasteiger partial charge in [0.1, 0.15) is 0 Å². The largest absolute Gasteiger partial charge is 0.353 e. The van der Waals surface area contributed by atoms with Gasteiger partial charge in [-0.3, -0.25) is 0 Å². The molecule has 0 aliphatic carbocycles. The number of benzene rings is 1. The Morgan fingerprint density at radius 1 is 1.15 bits per heavy atom. The molecule has 3 nitrogen and oxygen atoms in total. The van der Waals surface area contributed by atoms with Gasteiger partial charge >= 0.3 is 0 Å². The Morgan fingerprint density at radius 3 is 2.62 bits per heavy atom. The fraction of sp³-hybridized carbons (Fsp3) is 0.333. The van der Waals surface area contributed by atoms with E-state index in [0.29, 0.717) is 0 Å². The first-order valence-electron chi connectivity index (χ1n) is 4.25. The summed E-state index contributed by atoms with van der Waals surface area (Å²) in [6, 6.07) is 10.1. The molecule has 1 aromatic rings. The van der Waals surface area contributed by atoms with E-state index in [2.05, 4.69) is 12.1 Å². The van der Waals surface area contributed by atoms with Gasteiger partial charge in [0.2, 0.25) is 0 Å². The van der Waals surface area contributed by atoms with Crippen molar-refractivity contribution >= 4 is 10.6 Å². The monoisotopic (exact) mass is 198 g/mol. The van der Waals surface area contributed by atoms with Crippen LogP contribution < -0.4 is 0 Å². The van der Waals surface area contributed by atoms with Gasteiger partial charge in [-0.1, -0.05) is 49.6 Å². The molecular weight excluding hydrogens is 188 g/mol. The summed E-state index contributed by atoms with van der Waals surface area (Å²) in [5.74, 6) is 0.909. The van der Waals surface area contributed by atoms with Crippen molar-refractivity contribution in [1.29, 1.82) is 0 Å². The Labute approximate surface area is 78.3 Å². The van der Waals surface area contributed by atoms with Crippen LogP contribution in [0.2, 0.25) is 0 Å². The van der Waals surface area contributed by atoms with E-state index in [1.807, 2.05) is 18.2 Å². The highest BCUT2D eigenvalue weighted by molar-refractivity contribution is 8.29. The first kappa shape index (κ1) is 7.82. The fourth-order valence-electron chi connectivity index (χ4n) is 1.57. The van der Waals surface area contributed by atoms with Gasteiger partial charge in [-0.25, -0.2) is 0 Å². The lowest BCUT2D eigenvalue weighted by molar-refractivity contribution is 0.0850. The van der Waals surface area contributed by atoms with Crippen LogP contribution in [0.1, 0.15) is 11.0 Å². The van der Waals surface area contributed by atoms with Gasteiger partial charge in [-0.15, -0.1) is 0 Å². The van der Waals surface area contributed by atoms with Gasteiger partial charge in [0, 0.05) is 5.56 Å². The molecule has 0 saturated carbocycles. The molecule has 0 amide bonds. The highest BCUT2D eigenvalue weighted by atomic mass is 32.3. The van der Waals surface area contributed by atoms with Crippen molar-refractivity contribution in [3.63, 3.8) is 0 Å². The molecule has 0 N–H and O–H groups in total. The molecule has 1 spiro atoms. The van der Waals surface area contributed by atoms with Crippen molar-refractivity contribution in [2.24, 2.45) is 0 Å². The van der Waals surface area contributed by atoms with E-state index >= 15 is 0 Å². The van der Waals surface area contributed by atoms with Crippen LogP contribution in [-0.4, -0.2) is 12.4 Å². The molecule has 1 atom stereocenters. The molecule has 3 rings (SSSR count). The normalized spacial score (nSPS) is 31.8. The summed E-state index contributed by atoms with van der Waals surface area (Å²) < 4.78 is 15.8. The third kappa shape index (κ3) is 1.18. The molecule has 4 heteroatoms. The Balaban J connectivity index is 1.93. The zero-order chi connectivity index (χ0) is 8.73. The molecule has 2 fully saturated rings. The molecule has 2 heterocycles. The summed E-state index contributed by atoms with van der Waals surface area (Å²) in [6.07, 6.45) is 0. The molecule has 1 aromatic carbocycles. The second kappa shape index (κ2) is 2.72. The predicted molar refractivity (Wildman–Crippen MR) is 49.8 cm³/mol. The lowest BCUT2D eigenvalue weighted by atomic mass is 10.2. The van der Waals surface area contributed by atoms with E-state index in [1.165, 1.54) is 0 Å². The van der Waals surface area contributed by atoms with Gasteiger partial charge in [0.25, 0.3) is 0 Å².